The van der Waals surface area contributed by atoms with Crippen molar-refractivity contribution in [2.45, 2.75) is 13.8 Å². The molecule has 2 heteroatoms. The maximum absolute atomic E-state index is 4.47. The molecule has 0 aliphatic carbocycles. The highest BCUT2D eigenvalue weighted by Gasteiger charge is 2.00. The maximum Gasteiger partial charge on any atom is 0.0804 e. The van der Waals surface area contributed by atoms with Crippen LogP contribution in [0.4, 0.5) is 0 Å². The molecule has 0 atom stereocenters. The highest BCUT2D eigenvalue weighted by Crippen LogP contribution is 2.25. The predicted octanol–water partition coefficient (Wildman–Crippen LogP) is 3.43. The van der Waals surface area contributed by atoms with Crippen molar-refractivity contribution in [1.29, 1.82) is 0 Å². The van der Waals surface area contributed by atoms with E-state index in [0.29, 0.717) is 0 Å². The fraction of sp³-hybridized carbons (Fsp3) is 0.182. The van der Waals surface area contributed by atoms with Crippen molar-refractivity contribution in [1.82, 2.24) is 4.98 Å². The number of aryl methyl sites for hydroxylation is 2. The van der Waals surface area contributed by atoms with Gasteiger partial charge in [0.15, 0.2) is 0 Å². The predicted molar refractivity (Wildman–Crippen MR) is 57.0 cm³/mol. The van der Waals surface area contributed by atoms with Crippen molar-refractivity contribution in [3.63, 3.8) is 0 Å². The molecule has 2 aromatic heterocycles. The van der Waals surface area contributed by atoms with Crippen molar-refractivity contribution >= 4 is 11.3 Å². The minimum Gasteiger partial charge on any atom is -0.252 e. The fourth-order valence-electron chi connectivity index (χ4n) is 1.25. The van der Waals surface area contributed by atoms with Gasteiger partial charge in [0.25, 0.3) is 0 Å². The summed E-state index contributed by atoms with van der Waals surface area (Å²) in [6, 6.07) is 10.4. The molecule has 2 rings (SSSR count). The van der Waals surface area contributed by atoms with Crippen LogP contribution in [-0.2, 0) is 0 Å². The third kappa shape index (κ3) is 1.78. The SMILES string of the molecule is Cc1cccc(-c2ccc(C)s2)n1. The molecule has 0 aromatic carbocycles. The van der Waals surface area contributed by atoms with Crippen molar-refractivity contribution in [3.05, 3.63) is 40.9 Å². The zero-order chi connectivity index (χ0) is 9.26. The largest absolute Gasteiger partial charge is 0.252 e. The van der Waals surface area contributed by atoms with E-state index < -0.39 is 0 Å². The molecule has 0 spiro atoms. The highest BCUT2D eigenvalue weighted by atomic mass is 32.1. The van der Waals surface area contributed by atoms with E-state index in [0.717, 1.165) is 11.4 Å². The van der Waals surface area contributed by atoms with Gasteiger partial charge in [0.05, 0.1) is 10.6 Å². The zero-order valence-corrected chi connectivity index (χ0v) is 8.56. The second kappa shape index (κ2) is 3.30. The average Bonchev–Trinajstić information content (AvgIpc) is 2.52. The van der Waals surface area contributed by atoms with Gasteiger partial charge in [-0.3, -0.25) is 4.98 Å². The minimum absolute atomic E-state index is 1.07. The van der Waals surface area contributed by atoms with Crippen LogP contribution in [0.3, 0.4) is 0 Å². The molecule has 0 saturated heterocycles. The van der Waals surface area contributed by atoms with E-state index in [1.54, 1.807) is 11.3 Å². The van der Waals surface area contributed by atoms with E-state index in [4.69, 9.17) is 0 Å². The maximum atomic E-state index is 4.47. The minimum atomic E-state index is 1.07. The third-order valence-corrected chi connectivity index (χ3v) is 2.90. The molecule has 0 amide bonds. The summed E-state index contributed by atoms with van der Waals surface area (Å²) < 4.78 is 0. The van der Waals surface area contributed by atoms with Gasteiger partial charge in [0, 0.05) is 10.6 Å². The normalized spacial score (nSPS) is 10.3. The van der Waals surface area contributed by atoms with Crippen LogP contribution < -0.4 is 0 Å². The van der Waals surface area contributed by atoms with Gasteiger partial charge in [-0.2, -0.15) is 0 Å². The molecule has 1 nitrogen and oxygen atoms in total. The van der Waals surface area contributed by atoms with Crippen LogP contribution in [0.15, 0.2) is 30.3 Å². The molecule has 0 fully saturated rings. The summed E-state index contributed by atoms with van der Waals surface area (Å²) in [4.78, 5) is 7.05. The zero-order valence-electron chi connectivity index (χ0n) is 7.74. The quantitative estimate of drug-likeness (QED) is 0.669. The molecule has 66 valence electrons. The molecule has 2 heterocycles. The first-order valence-electron chi connectivity index (χ1n) is 4.26. The summed E-state index contributed by atoms with van der Waals surface area (Å²) in [6.45, 7) is 4.13. The molecule has 2 aromatic rings. The Bertz CT molecular complexity index is 418. The van der Waals surface area contributed by atoms with Gasteiger partial charge >= 0.3 is 0 Å². The van der Waals surface area contributed by atoms with Gasteiger partial charge in [-0.15, -0.1) is 11.3 Å². The first-order chi connectivity index (χ1) is 6.25. The van der Waals surface area contributed by atoms with Crippen molar-refractivity contribution in [3.8, 4) is 10.6 Å². The van der Waals surface area contributed by atoms with Gasteiger partial charge in [-0.05, 0) is 38.1 Å². The molecular weight excluding hydrogens is 178 g/mol. The molecule has 0 saturated carbocycles. The lowest BCUT2D eigenvalue weighted by atomic mass is 10.3. The Morgan fingerprint density at radius 1 is 1.08 bits per heavy atom. The summed E-state index contributed by atoms with van der Waals surface area (Å²) in [5.74, 6) is 0. The summed E-state index contributed by atoms with van der Waals surface area (Å²) in [7, 11) is 0. The van der Waals surface area contributed by atoms with Crippen LogP contribution in [0.25, 0.3) is 10.6 Å². The molecule has 13 heavy (non-hydrogen) atoms. The standard InChI is InChI=1S/C11H11NS/c1-8-4-3-5-10(12-8)11-7-6-9(2)13-11/h3-7H,1-2H3. The monoisotopic (exact) mass is 189 g/mol. The van der Waals surface area contributed by atoms with E-state index in [-0.39, 0.29) is 0 Å². The summed E-state index contributed by atoms with van der Waals surface area (Å²) in [6.07, 6.45) is 0. The van der Waals surface area contributed by atoms with Crippen LogP contribution >= 0.6 is 11.3 Å². The van der Waals surface area contributed by atoms with Gasteiger partial charge in [-0.1, -0.05) is 6.07 Å². The Balaban J connectivity index is 2.46. The Morgan fingerprint density at radius 2 is 1.92 bits per heavy atom. The van der Waals surface area contributed by atoms with Crippen molar-refractivity contribution in [2.75, 3.05) is 0 Å². The number of rotatable bonds is 1. The Kier molecular flexibility index (Phi) is 2.15. The Hall–Kier alpha value is -1.15. The molecule has 0 radical (unpaired) electrons. The molecule has 0 aliphatic rings. The van der Waals surface area contributed by atoms with E-state index in [1.165, 1.54) is 9.75 Å². The van der Waals surface area contributed by atoms with Gasteiger partial charge in [0.2, 0.25) is 0 Å². The lowest BCUT2D eigenvalue weighted by Gasteiger charge is -1.96. The van der Waals surface area contributed by atoms with Crippen LogP contribution in [0.2, 0.25) is 0 Å². The summed E-state index contributed by atoms with van der Waals surface area (Å²) in [5, 5.41) is 0. The smallest absolute Gasteiger partial charge is 0.0804 e. The molecular formula is C11H11NS. The fourth-order valence-corrected chi connectivity index (χ4v) is 2.09. The first-order valence-corrected chi connectivity index (χ1v) is 5.08. The number of aromatic nitrogens is 1. The number of pyridine rings is 1. The van der Waals surface area contributed by atoms with E-state index in [2.05, 4.69) is 30.1 Å². The molecule has 0 unspecified atom stereocenters. The average molecular weight is 189 g/mol. The van der Waals surface area contributed by atoms with Crippen LogP contribution in [0, 0.1) is 13.8 Å². The highest BCUT2D eigenvalue weighted by molar-refractivity contribution is 7.15. The second-order valence-electron chi connectivity index (χ2n) is 3.07. The van der Waals surface area contributed by atoms with Gasteiger partial charge < -0.3 is 0 Å². The van der Waals surface area contributed by atoms with Gasteiger partial charge in [0.1, 0.15) is 0 Å². The lowest BCUT2D eigenvalue weighted by Crippen LogP contribution is -1.82. The third-order valence-electron chi connectivity index (χ3n) is 1.88. The van der Waals surface area contributed by atoms with Crippen LogP contribution in [0.5, 0.6) is 0 Å². The number of thiophene rings is 1. The number of nitrogens with zero attached hydrogens (tertiary/aromatic N) is 1. The van der Waals surface area contributed by atoms with Crippen LogP contribution in [-0.4, -0.2) is 4.98 Å². The molecule has 0 bridgehead atoms. The second-order valence-corrected chi connectivity index (χ2v) is 4.36. The first kappa shape index (κ1) is 8.45. The number of hydrogen-bond donors (Lipinski definition) is 0. The van der Waals surface area contributed by atoms with Crippen LogP contribution in [0.1, 0.15) is 10.6 Å². The van der Waals surface area contributed by atoms with Crippen molar-refractivity contribution < 1.29 is 0 Å². The number of hydrogen-bond acceptors (Lipinski definition) is 2. The summed E-state index contributed by atoms with van der Waals surface area (Å²) in [5.41, 5.74) is 2.15. The Labute approximate surface area is 82.1 Å². The van der Waals surface area contributed by atoms with Gasteiger partial charge in [-0.25, -0.2) is 0 Å². The van der Waals surface area contributed by atoms with E-state index in [1.807, 2.05) is 19.1 Å². The molecule has 0 aliphatic heterocycles. The molecule has 0 N–H and O–H groups in total. The summed E-state index contributed by atoms with van der Waals surface area (Å²) >= 11 is 1.79. The van der Waals surface area contributed by atoms with E-state index in [9.17, 15) is 0 Å². The Morgan fingerprint density at radius 3 is 2.54 bits per heavy atom. The lowest BCUT2D eigenvalue weighted by molar-refractivity contribution is 1.21. The topological polar surface area (TPSA) is 12.9 Å². The van der Waals surface area contributed by atoms with E-state index >= 15 is 0 Å². The van der Waals surface area contributed by atoms with Crippen molar-refractivity contribution in [2.24, 2.45) is 0 Å².